The molecule has 1 aromatic carbocycles. The molecule has 136 valence electrons. The smallest absolute Gasteiger partial charge is 0.183 e. The van der Waals surface area contributed by atoms with Gasteiger partial charge in [0.15, 0.2) is 5.82 Å². The van der Waals surface area contributed by atoms with Crippen LogP contribution in [0.2, 0.25) is 0 Å². The summed E-state index contributed by atoms with van der Waals surface area (Å²) in [4.78, 5) is 4.79. The number of azo groups is 1. The van der Waals surface area contributed by atoms with Gasteiger partial charge in [0.1, 0.15) is 17.1 Å². The summed E-state index contributed by atoms with van der Waals surface area (Å²) in [6.45, 7) is 12.5. The summed E-state index contributed by atoms with van der Waals surface area (Å²) >= 11 is 0. The van der Waals surface area contributed by atoms with Gasteiger partial charge in [-0.05, 0) is 44.5 Å². The second-order valence-corrected chi connectivity index (χ2v) is 7.80. The summed E-state index contributed by atoms with van der Waals surface area (Å²) in [5, 5.41) is 9.08. The van der Waals surface area contributed by atoms with Crippen LogP contribution in [0.25, 0.3) is 5.65 Å². The number of imidazole rings is 1. The third kappa shape index (κ3) is 3.77. The van der Waals surface area contributed by atoms with E-state index in [0.29, 0.717) is 5.69 Å². The van der Waals surface area contributed by atoms with Crippen LogP contribution in [-0.2, 0) is 5.41 Å². The minimum absolute atomic E-state index is 0.0786. The van der Waals surface area contributed by atoms with Gasteiger partial charge in [-0.25, -0.2) is 4.98 Å². The highest BCUT2D eigenvalue weighted by Gasteiger charge is 2.24. The molecule has 0 aliphatic heterocycles. The first-order chi connectivity index (χ1) is 12.3. The molecule has 0 N–H and O–H groups in total. The zero-order valence-corrected chi connectivity index (χ0v) is 16.3. The van der Waals surface area contributed by atoms with Crippen LogP contribution < -0.4 is 4.74 Å². The topological polar surface area (TPSA) is 51.2 Å². The molecule has 0 amide bonds. The van der Waals surface area contributed by atoms with Gasteiger partial charge in [-0.3, -0.25) is 4.40 Å². The Balaban J connectivity index is 2.11. The van der Waals surface area contributed by atoms with Gasteiger partial charge in [-0.1, -0.05) is 39.0 Å². The molecule has 0 fully saturated rings. The van der Waals surface area contributed by atoms with Crippen molar-refractivity contribution < 1.29 is 4.74 Å². The Bertz CT molecular complexity index is 948. The molecule has 0 saturated carbocycles. The molecule has 0 saturated heterocycles. The van der Waals surface area contributed by atoms with E-state index in [1.54, 1.807) is 0 Å². The van der Waals surface area contributed by atoms with E-state index in [2.05, 4.69) is 44.0 Å². The largest absolute Gasteiger partial charge is 0.489 e. The van der Waals surface area contributed by atoms with Crippen LogP contribution in [0, 0.1) is 6.92 Å². The summed E-state index contributed by atoms with van der Waals surface area (Å²) in [7, 11) is 0. The average Bonchev–Trinajstić information content (AvgIpc) is 2.91. The minimum Gasteiger partial charge on any atom is -0.489 e. The standard InChI is InChI=1S/C21H26N4O/c1-14(2)26-17-10-8-7-9-16(17)23-24-20-19(21(4,5)6)22-18-12-11-15(3)13-25(18)20/h7-14H,1-6H3. The van der Waals surface area contributed by atoms with Gasteiger partial charge in [-0.15, -0.1) is 10.2 Å². The number of rotatable bonds is 4. The first-order valence-electron chi connectivity index (χ1n) is 8.92. The Kier molecular flexibility index (Phi) is 4.81. The molecule has 0 aliphatic carbocycles. The molecule has 3 aromatic rings. The molecular weight excluding hydrogens is 324 g/mol. The van der Waals surface area contributed by atoms with Crippen LogP contribution in [-0.4, -0.2) is 15.5 Å². The predicted octanol–water partition coefficient (Wildman–Crippen LogP) is 6.14. The Hall–Kier alpha value is -2.69. The molecule has 2 heterocycles. The molecule has 0 spiro atoms. The summed E-state index contributed by atoms with van der Waals surface area (Å²) in [6.07, 6.45) is 2.12. The number of para-hydroxylation sites is 1. The van der Waals surface area contributed by atoms with E-state index in [-0.39, 0.29) is 11.5 Å². The summed E-state index contributed by atoms with van der Waals surface area (Å²) < 4.78 is 7.85. The van der Waals surface area contributed by atoms with Crippen LogP contribution in [0.1, 0.15) is 45.9 Å². The Morgan fingerprint density at radius 1 is 1.04 bits per heavy atom. The second kappa shape index (κ2) is 6.90. The van der Waals surface area contributed by atoms with Crippen molar-refractivity contribution in [3.63, 3.8) is 0 Å². The third-order valence-electron chi connectivity index (χ3n) is 3.93. The van der Waals surface area contributed by atoms with Crippen molar-refractivity contribution in [2.45, 2.75) is 53.1 Å². The highest BCUT2D eigenvalue weighted by molar-refractivity contribution is 5.56. The molecule has 3 rings (SSSR count). The normalized spacial score (nSPS) is 12.4. The lowest BCUT2D eigenvalue weighted by atomic mass is 9.92. The highest BCUT2D eigenvalue weighted by Crippen LogP contribution is 2.35. The molecular formula is C21H26N4O. The van der Waals surface area contributed by atoms with E-state index in [0.717, 1.165) is 28.5 Å². The van der Waals surface area contributed by atoms with E-state index in [1.165, 1.54) is 0 Å². The molecule has 5 heteroatoms. The number of ether oxygens (including phenoxy) is 1. The van der Waals surface area contributed by atoms with E-state index in [4.69, 9.17) is 9.72 Å². The third-order valence-corrected chi connectivity index (χ3v) is 3.93. The summed E-state index contributed by atoms with van der Waals surface area (Å²) in [6, 6.07) is 11.8. The lowest BCUT2D eigenvalue weighted by Gasteiger charge is -2.15. The lowest BCUT2D eigenvalue weighted by Crippen LogP contribution is -2.11. The number of fused-ring (bicyclic) bond motifs is 1. The monoisotopic (exact) mass is 350 g/mol. The van der Waals surface area contributed by atoms with Crippen LogP contribution >= 0.6 is 0 Å². The molecule has 26 heavy (non-hydrogen) atoms. The maximum atomic E-state index is 5.84. The van der Waals surface area contributed by atoms with E-state index < -0.39 is 0 Å². The Morgan fingerprint density at radius 2 is 1.77 bits per heavy atom. The quantitative estimate of drug-likeness (QED) is 0.530. The number of aryl methyl sites for hydroxylation is 1. The zero-order chi connectivity index (χ0) is 18.9. The lowest BCUT2D eigenvalue weighted by molar-refractivity contribution is 0.243. The zero-order valence-electron chi connectivity index (χ0n) is 16.3. The van der Waals surface area contributed by atoms with Crippen molar-refractivity contribution in [1.29, 1.82) is 0 Å². The van der Waals surface area contributed by atoms with E-state index in [9.17, 15) is 0 Å². The van der Waals surface area contributed by atoms with Crippen LogP contribution in [0.5, 0.6) is 5.75 Å². The van der Waals surface area contributed by atoms with Crippen molar-refractivity contribution in [3.05, 3.63) is 53.9 Å². The van der Waals surface area contributed by atoms with Gasteiger partial charge >= 0.3 is 0 Å². The summed E-state index contributed by atoms with van der Waals surface area (Å²) in [5.41, 5.74) is 3.52. The van der Waals surface area contributed by atoms with Gasteiger partial charge in [0, 0.05) is 11.6 Å². The number of aromatic nitrogens is 2. The maximum absolute atomic E-state index is 5.84. The number of hydrogen-bond donors (Lipinski definition) is 0. The molecule has 0 unspecified atom stereocenters. The van der Waals surface area contributed by atoms with Crippen LogP contribution in [0.15, 0.2) is 52.8 Å². The molecule has 0 atom stereocenters. The van der Waals surface area contributed by atoms with Gasteiger partial charge in [0.25, 0.3) is 0 Å². The number of pyridine rings is 1. The fourth-order valence-corrected chi connectivity index (χ4v) is 2.73. The van der Waals surface area contributed by atoms with Crippen LogP contribution in [0.4, 0.5) is 11.5 Å². The predicted molar refractivity (Wildman–Crippen MR) is 105 cm³/mol. The molecule has 0 radical (unpaired) electrons. The minimum atomic E-state index is -0.137. The van der Waals surface area contributed by atoms with Crippen molar-refractivity contribution >= 4 is 17.2 Å². The number of hydrogen-bond acceptors (Lipinski definition) is 4. The first kappa shape index (κ1) is 18.1. The van der Waals surface area contributed by atoms with Crippen molar-refractivity contribution in [3.8, 4) is 5.75 Å². The Labute approximate surface area is 154 Å². The molecule has 5 nitrogen and oxygen atoms in total. The number of nitrogens with zero attached hydrogens (tertiary/aromatic N) is 4. The molecule has 0 aliphatic rings. The maximum Gasteiger partial charge on any atom is 0.183 e. The van der Waals surface area contributed by atoms with Gasteiger partial charge in [-0.2, -0.15) is 0 Å². The van der Waals surface area contributed by atoms with Gasteiger partial charge in [0.2, 0.25) is 0 Å². The first-order valence-corrected chi connectivity index (χ1v) is 8.92. The highest BCUT2D eigenvalue weighted by atomic mass is 16.5. The fourth-order valence-electron chi connectivity index (χ4n) is 2.73. The van der Waals surface area contributed by atoms with E-state index >= 15 is 0 Å². The van der Waals surface area contributed by atoms with Crippen molar-refractivity contribution in [2.24, 2.45) is 10.2 Å². The molecule has 0 bridgehead atoms. The number of benzene rings is 1. The van der Waals surface area contributed by atoms with Gasteiger partial charge in [0.05, 0.1) is 11.8 Å². The van der Waals surface area contributed by atoms with E-state index in [1.807, 2.05) is 54.8 Å². The summed E-state index contributed by atoms with van der Waals surface area (Å²) in [5.74, 6) is 1.49. The van der Waals surface area contributed by atoms with Crippen LogP contribution in [0.3, 0.4) is 0 Å². The van der Waals surface area contributed by atoms with Crippen molar-refractivity contribution in [2.75, 3.05) is 0 Å². The second-order valence-electron chi connectivity index (χ2n) is 7.80. The Morgan fingerprint density at radius 3 is 2.46 bits per heavy atom. The van der Waals surface area contributed by atoms with Gasteiger partial charge < -0.3 is 4.74 Å². The SMILES string of the molecule is Cc1ccc2nc(C(C)(C)C)c(N=Nc3ccccc3OC(C)C)n2c1. The fraction of sp³-hybridized carbons (Fsp3) is 0.381. The van der Waals surface area contributed by atoms with Crippen molar-refractivity contribution in [1.82, 2.24) is 9.38 Å². The average molecular weight is 350 g/mol. The molecule has 2 aromatic heterocycles.